The van der Waals surface area contributed by atoms with Crippen LogP contribution in [0.2, 0.25) is 0 Å². The van der Waals surface area contributed by atoms with Crippen LogP contribution < -0.4 is 5.73 Å². The van der Waals surface area contributed by atoms with Gasteiger partial charge in [0.05, 0.1) is 17.3 Å². The van der Waals surface area contributed by atoms with Crippen LogP contribution in [0.4, 0.5) is 5.69 Å². The summed E-state index contributed by atoms with van der Waals surface area (Å²) >= 11 is 1.58. The Morgan fingerprint density at radius 3 is 2.63 bits per heavy atom. The molecule has 1 rings (SSSR count). The third-order valence-corrected chi connectivity index (χ3v) is 5.69. The Morgan fingerprint density at radius 1 is 1.53 bits per heavy atom. The topological polar surface area (TPSA) is 87.2 Å². The lowest BCUT2D eigenvalue weighted by atomic mass is 10.2. The van der Waals surface area contributed by atoms with Gasteiger partial charge in [-0.15, -0.1) is 0 Å². The monoisotopic (exact) mass is 299 g/mol. The Morgan fingerprint density at radius 2 is 2.16 bits per heavy atom. The molecule has 104 valence electrons. The molecule has 0 saturated carbocycles. The maximum Gasteiger partial charge on any atom is 0.245 e. The number of nitrogens with zero attached hydrogens (tertiary/aromatic N) is 2. The van der Waals surface area contributed by atoms with Crippen LogP contribution in [0.5, 0.6) is 0 Å². The Bertz CT molecular complexity index is 593. The zero-order valence-corrected chi connectivity index (χ0v) is 12.8. The molecule has 19 heavy (non-hydrogen) atoms. The minimum Gasteiger partial charge on any atom is -0.398 e. The SMILES string of the molecule is CSCC(C)N(C)S(=O)(=O)c1ccc(C#N)cc1N. The number of anilines is 1. The van der Waals surface area contributed by atoms with Crippen LogP contribution in [-0.4, -0.2) is 37.8 Å². The first-order valence-electron chi connectivity index (χ1n) is 5.61. The average molecular weight is 299 g/mol. The highest BCUT2D eigenvalue weighted by Crippen LogP contribution is 2.24. The maximum absolute atomic E-state index is 12.4. The lowest BCUT2D eigenvalue weighted by Gasteiger charge is -2.24. The van der Waals surface area contributed by atoms with E-state index in [2.05, 4.69) is 0 Å². The van der Waals surface area contributed by atoms with Crippen LogP contribution in [0.15, 0.2) is 23.1 Å². The van der Waals surface area contributed by atoms with Crippen molar-refractivity contribution in [2.45, 2.75) is 17.9 Å². The molecule has 1 unspecified atom stereocenters. The zero-order valence-electron chi connectivity index (χ0n) is 11.1. The first kappa shape index (κ1) is 15.8. The van der Waals surface area contributed by atoms with Crippen LogP contribution in [0.1, 0.15) is 12.5 Å². The van der Waals surface area contributed by atoms with Crippen molar-refractivity contribution in [2.24, 2.45) is 0 Å². The molecule has 0 radical (unpaired) electrons. The van der Waals surface area contributed by atoms with Gasteiger partial charge in [0.1, 0.15) is 4.90 Å². The maximum atomic E-state index is 12.4. The molecule has 0 heterocycles. The van der Waals surface area contributed by atoms with Crippen molar-refractivity contribution in [3.05, 3.63) is 23.8 Å². The summed E-state index contributed by atoms with van der Waals surface area (Å²) in [4.78, 5) is 0.0435. The largest absolute Gasteiger partial charge is 0.398 e. The van der Waals surface area contributed by atoms with Gasteiger partial charge in [-0.25, -0.2) is 8.42 Å². The predicted octanol–water partition coefficient (Wildman–Crippen LogP) is 1.51. The fraction of sp³-hybridized carbons (Fsp3) is 0.417. The highest BCUT2D eigenvalue weighted by molar-refractivity contribution is 7.98. The van der Waals surface area contributed by atoms with Gasteiger partial charge in [-0.2, -0.15) is 21.3 Å². The van der Waals surface area contributed by atoms with Crippen molar-refractivity contribution >= 4 is 27.5 Å². The highest BCUT2D eigenvalue weighted by Gasteiger charge is 2.27. The number of rotatable bonds is 5. The first-order chi connectivity index (χ1) is 8.84. The van der Waals surface area contributed by atoms with Crippen molar-refractivity contribution < 1.29 is 8.42 Å². The molecule has 2 N–H and O–H groups in total. The van der Waals surface area contributed by atoms with Crippen LogP contribution in [-0.2, 0) is 10.0 Å². The van der Waals surface area contributed by atoms with Gasteiger partial charge in [0.15, 0.2) is 0 Å². The first-order valence-corrected chi connectivity index (χ1v) is 8.44. The molecular weight excluding hydrogens is 282 g/mol. The number of nitrogen functional groups attached to an aromatic ring is 1. The Labute approximate surface area is 118 Å². The summed E-state index contributed by atoms with van der Waals surface area (Å²) in [5.41, 5.74) is 6.18. The Hall–Kier alpha value is -1.23. The second-order valence-corrected chi connectivity index (χ2v) is 7.07. The molecule has 0 saturated heterocycles. The van der Waals surface area contributed by atoms with E-state index < -0.39 is 10.0 Å². The van der Waals surface area contributed by atoms with E-state index >= 15 is 0 Å². The van der Waals surface area contributed by atoms with Crippen molar-refractivity contribution in [3.63, 3.8) is 0 Å². The molecule has 0 fully saturated rings. The van der Waals surface area contributed by atoms with Gasteiger partial charge in [0, 0.05) is 18.8 Å². The number of nitrogens with two attached hydrogens (primary N) is 1. The van der Waals surface area contributed by atoms with Crippen molar-refractivity contribution in [1.82, 2.24) is 4.31 Å². The van der Waals surface area contributed by atoms with Crippen molar-refractivity contribution in [3.8, 4) is 6.07 Å². The second-order valence-electron chi connectivity index (χ2n) is 4.19. The zero-order chi connectivity index (χ0) is 14.6. The summed E-state index contributed by atoms with van der Waals surface area (Å²) in [6, 6.07) is 6.01. The smallest absolute Gasteiger partial charge is 0.245 e. The Balaban J connectivity index is 3.17. The van der Waals surface area contributed by atoms with Gasteiger partial charge in [-0.1, -0.05) is 0 Å². The lowest BCUT2D eigenvalue weighted by molar-refractivity contribution is 0.415. The predicted molar refractivity (Wildman–Crippen MR) is 78.4 cm³/mol. The van der Waals surface area contributed by atoms with Gasteiger partial charge in [-0.05, 0) is 31.4 Å². The third-order valence-electron chi connectivity index (χ3n) is 2.82. The number of sulfonamides is 1. The van der Waals surface area contributed by atoms with Crippen LogP contribution in [0.25, 0.3) is 0 Å². The van der Waals surface area contributed by atoms with E-state index in [4.69, 9.17) is 11.0 Å². The van der Waals surface area contributed by atoms with E-state index in [-0.39, 0.29) is 16.6 Å². The van der Waals surface area contributed by atoms with Gasteiger partial charge in [0.2, 0.25) is 10.0 Å². The molecule has 1 aromatic carbocycles. The quantitative estimate of drug-likeness (QED) is 0.833. The van der Waals surface area contributed by atoms with E-state index in [1.54, 1.807) is 11.8 Å². The summed E-state index contributed by atoms with van der Waals surface area (Å²) in [5.74, 6) is 0.700. The van der Waals surface area contributed by atoms with E-state index in [0.29, 0.717) is 11.3 Å². The van der Waals surface area contributed by atoms with E-state index in [9.17, 15) is 8.42 Å². The second kappa shape index (κ2) is 6.28. The van der Waals surface area contributed by atoms with Crippen molar-refractivity contribution in [1.29, 1.82) is 5.26 Å². The van der Waals surface area contributed by atoms with E-state index in [1.807, 2.05) is 19.2 Å². The number of hydrogen-bond donors (Lipinski definition) is 1. The normalized spacial score (nSPS) is 13.2. The number of hydrogen-bond acceptors (Lipinski definition) is 5. The van der Waals surface area contributed by atoms with Gasteiger partial charge >= 0.3 is 0 Å². The van der Waals surface area contributed by atoms with Crippen LogP contribution in [0.3, 0.4) is 0 Å². The molecule has 7 heteroatoms. The molecule has 5 nitrogen and oxygen atoms in total. The number of nitriles is 1. The summed E-state index contributed by atoms with van der Waals surface area (Å²) in [7, 11) is -2.09. The third kappa shape index (κ3) is 3.41. The highest BCUT2D eigenvalue weighted by atomic mass is 32.2. The fourth-order valence-electron chi connectivity index (χ4n) is 1.59. The number of benzene rings is 1. The summed E-state index contributed by atoms with van der Waals surface area (Å²) in [6.07, 6.45) is 1.92. The lowest BCUT2D eigenvalue weighted by Crippen LogP contribution is -2.36. The molecule has 0 aliphatic heterocycles. The van der Waals surface area contributed by atoms with E-state index in [0.717, 1.165) is 0 Å². The molecule has 0 aromatic heterocycles. The van der Waals surface area contributed by atoms with E-state index in [1.165, 1.54) is 29.6 Å². The van der Waals surface area contributed by atoms with Crippen molar-refractivity contribution in [2.75, 3.05) is 24.8 Å². The summed E-state index contributed by atoms with van der Waals surface area (Å²) < 4.78 is 26.2. The Kier molecular flexibility index (Phi) is 5.23. The van der Waals surface area contributed by atoms with Crippen LogP contribution >= 0.6 is 11.8 Å². The minimum absolute atomic E-state index is 0.0435. The molecule has 0 aliphatic rings. The van der Waals surface area contributed by atoms with Gasteiger partial charge in [0.25, 0.3) is 0 Å². The minimum atomic E-state index is -3.63. The van der Waals surface area contributed by atoms with Gasteiger partial charge < -0.3 is 5.73 Å². The van der Waals surface area contributed by atoms with Gasteiger partial charge in [-0.3, -0.25) is 0 Å². The number of thioether (sulfide) groups is 1. The molecule has 0 spiro atoms. The molecule has 0 bridgehead atoms. The standard InChI is InChI=1S/C12H17N3O2S2/c1-9(8-18-3)15(2)19(16,17)12-5-4-10(7-13)6-11(12)14/h4-6,9H,8,14H2,1-3H3. The molecule has 1 atom stereocenters. The van der Waals surface area contributed by atoms with Crippen LogP contribution in [0, 0.1) is 11.3 Å². The summed E-state index contributed by atoms with van der Waals surface area (Å²) in [6.45, 7) is 1.84. The summed E-state index contributed by atoms with van der Waals surface area (Å²) in [5, 5.41) is 8.75. The molecular formula is C12H17N3O2S2. The average Bonchev–Trinajstić information content (AvgIpc) is 2.37. The molecule has 1 aromatic rings. The fourth-order valence-corrected chi connectivity index (χ4v) is 3.85. The molecule has 0 amide bonds. The molecule has 0 aliphatic carbocycles.